The average Bonchev–Trinajstić information content (AvgIpc) is 2.00. The van der Waals surface area contributed by atoms with Crippen molar-refractivity contribution in [1.82, 2.24) is 4.90 Å². The molecule has 0 aliphatic rings. The maximum Gasteiger partial charge on any atom is 0.127 e. The Hall–Kier alpha value is -0.410. The monoisotopic (exact) mass is 201 g/mol. The number of likely N-dealkylation sites (N-methyl/N-ethyl adjacent to an activating group) is 1. The molecule has 84 valence electrons. The molecule has 0 aromatic heterocycles. The van der Waals surface area contributed by atoms with E-state index in [1.807, 2.05) is 25.8 Å². The maximum absolute atomic E-state index is 10.9. The Morgan fingerprint density at radius 3 is 2.07 bits per heavy atom. The van der Waals surface area contributed by atoms with E-state index in [2.05, 4.69) is 0 Å². The van der Waals surface area contributed by atoms with Crippen molar-refractivity contribution in [2.75, 3.05) is 20.1 Å². The number of aldehydes is 1. The summed E-state index contributed by atoms with van der Waals surface area (Å²) in [6.07, 6.45) is 1.83. The molecule has 3 heteroatoms. The van der Waals surface area contributed by atoms with Crippen molar-refractivity contribution in [3.8, 4) is 0 Å². The zero-order chi connectivity index (χ0) is 11.4. The van der Waals surface area contributed by atoms with E-state index in [-0.39, 0.29) is 5.41 Å². The van der Waals surface area contributed by atoms with Gasteiger partial charge in [0.05, 0.1) is 5.60 Å². The number of aliphatic hydroxyl groups is 1. The highest BCUT2D eigenvalue weighted by Gasteiger charge is 2.25. The van der Waals surface area contributed by atoms with Crippen molar-refractivity contribution < 1.29 is 9.90 Å². The first-order valence-electron chi connectivity index (χ1n) is 5.10. The molecule has 1 unspecified atom stereocenters. The predicted octanol–water partition coefficient (Wildman–Crippen LogP) is 1.30. The second-order valence-corrected chi connectivity index (χ2v) is 5.11. The van der Waals surface area contributed by atoms with Crippen LogP contribution in [0.25, 0.3) is 0 Å². The number of hydrogen-bond donors (Lipinski definition) is 1. The van der Waals surface area contributed by atoms with Gasteiger partial charge in [-0.25, -0.2) is 0 Å². The van der Waals surface area contributed by atoms with Crippen LogP contribution in [0.3, 0.4) is 0 Å². The highest BCUT2D eigenvalue weighted by atomic mass is 16.3. The second kappa shape index (κ2) is 4.89. The molecule has 0 amide bonds. The Morgan fingerprint density at radius 1 is 1.29 bits per heavy atom. The Labute approximate surface area is 87.1 Å². The van der Waals surface area contributed by atoms with E-state index < -0.39 is 5.60 Å². The van der Waals surface area contributed by atoms with Crippen LogP contribution >= 0.6 is 0 Å². The van der Waals surface area contributed by atoms with Gasteiger partial charge >= 0.3 is 0 Å². The summed E-state index contributed by atoms with van der Waals surface area (Å²) in [5.41, 5.74) is -0.994. The van der Waals surface area contributed by atoms with E-state index in [9.17, 15) is 9.90 Å². The molecule has 0 bridgehead atoms. The summed E-state index contributed by atoms with van der Waals surface area (Å²) in [5.74, 6) is 0. The molecule has 0 heterocycles. The smallest absolute Gasteiger partial charge is 0.127 e. The highest BCUT2D eigenvalue weighted by Crippen LogP contribution is 2.19. The lowest BCUT2D eigenvalue weighted by molar-refractivity contribution is -0.116. The quantitative estimate of drug-likeness (QED) is 0.659. The number of nitrogens with zero attached hydrogens (tertiary/aromatic N) is 1. The maximum atomic E-state index is 10.9. The third-order valence-corrected chi connectivity index (χ3v) is 2.38. The van der Waals surface area contributed by atoms with Gasteiger partial charge < -0.3 is 14.8 Å². The van der Waals surface area contributed by atoms with E-state index in [4.69, 9.17) is 0 Å². The zero-order valence-corrected chi connectivity index (χ0v) is 10.0. The van der Waals surface area contributed by atoms with Gasteiger partial charge in [0.1, 0.15) is 6.29 Å². The van der Waals surface area contributed by atoms with Gasteiger partial charge in [0.25, 0.3) is 0 Å². The molecule has 0 aromatic carbocycles. The molecular formula is C11H23NO2. The summed E-state index contributed by atoms with van der Waals surface area (Å²) in [6, 6.07) is 0. The molecule has 0 saturated carbocycles. The topological polar surface area (TPSA) is 40.5 Å². The van der Waals surface area contributed by atoms with E-state index in [0.29, 0.717) is 13.1 Å². The van der Waals surface area contributed by atoms with Crippen LogP contribution in [-0.2, 0) is 4.79 Å². The van der Waals surface area contributed by atoms with E-state index in [1.165, 1.54) is 0 Å². The minimum atomic E-state index is -0.702. The fourth-order valence-electron chi connectivity index (χ4n) is 1.57. The Bertz CT molecular complexity index is 186. The molecule has 1 N–H and O–H groups in total. The van der Waals surface area contributed by atoms with Crippen LogP contribution in [0.2, 0.25) is 0 Å². The zero-order valence-electron chi connectivity index (χ0n) is 10.0. The molecule has 0 spiro atoms. The lowest BCUT2D eigenvalue weighted by Gasteiger charge is -2.31. The minimum Gasteiger partial charge on any atom is -0.389 e. The minimum absolute atomic E-state index is 0.292. The third kappa shape index (κ3) is 5.35. The Morgan fingerprint density at radius 2 is 1.79 bits per heavy atom. The van der Waals surface area contributed by atoms with Crippen LogP contribution in [0.5, 0.6) is 0 Å². The van der Waals surface area contributed by atoms with Crippen molar-refractivity contribution in [3.63, 3.8) is 0 Å². The van der Waals surface area contributed by atoms with Crippen LogP contribution in [-0.4, -0.2) is 42.0 Å². The highest BCUT2D eigenvalue weighted by molar-refractivity contribution is 5.58. The standard InChI is InChI=1S/C11H23NO2/c1-6-11(4,9-13)8-12(5)7-10(2,3)14/h9,14H,6-8H2,1-5H3. The predicted molar refractivity (Wildman–Crippen MR) is 58.3 cm³/mol. The SMILES string of the molecule is CCC(C)(C=O)CN(C)CC(C)(C)O. The van der Waals surface area contributed by atoms with Gasteiger partial charge in [0.15, 0.2) is 0 Å². The van der Waals surface area contributed by atoms with Crippen LogP contribution in [0.15, 0.2) is 0 Å². The van der Waals surface area contributed by atoms with Gasteiger partial charge in [0.2, 0.25) is 0 Å². The third-order valence-electron chi connectivity index (χ3n) is 2.38. The van der Waals surface area contributed by atoms with Gasteiger partial charge in [-0.3, -0.25) is 0 Å². The molecule has 0 radical (unpaired) electrons. The van der Waals surface area contributed by atoms with Gasteiger partial charge in [0, 0.05) is 18.5 Å². The van der Waals surface area contributed by atoms with E-state index >= 15 is 0 Å². The van der Waals surface area contributed by atoms with Crippen molar-refractivity contribution in [2.45, 2.75) is 39.7 Å². The summed E-state index contributed by atoms with van der Waals surface area (Å²) >= 11 is 0. The Kier molecular flexibility index (Phi) is 4.75. The van der Waals surface area contributed by atoms with Crippen molar-refractivity contribution in [1.29, 1.82) is 0 Å². The average molecular weight is 201 g/mol. The van der Waals surface area contributed by atoms with E-state index in [1.54, 1.807) is 13.8 Å². The van der Waals surface area contributed by atoms with Crippen LogP contribution in [0.1, 0.15) is 34.1 Å². The lowest BCUT2D eigenvalue weighted by atomic mass is 9.88. The first kappa shape index (κ1) is 13.6. The molecule has 0 aliphatic carbocycles. The van der Waals surface area contributed by atoms with Gasteiger partial charge in [-0.2, -0.15) is 0 Å². The fraction of sp³-hybridized carbons (Fsp3) is 0.909. The van der Waals surface area contributed by atoms with Gasteiger partial charge in [-0.05, 0) is 27.3 Å². The summed E-state index contributed by atoms with van der Waals surface area (Å²) in [7, 11) is 1.93. The van der Waals surface area contributed by atoms with Crippen LogP contribution < -0.4 is 0 Å². The molecule has 0 aliphatic heterocycles. The second-order valence-electron chi connectivity index (χ2n) is 5.11. The molecule has 1 atom stereocenters. The molecule has 14 heavy (non-hydrogen) atoms. The normalized spacial score (nSPS) is 16.8. The molecule has 3 nitrogen and oxygen atoms in total. The molecule has 0 aromatic rings. The number of carbonyl (C=O) groups excluding carboxylic acids is 1. The first-order valence-corrected chi connectivity index (χ1v) is 5.10. The van der Waals surface area contributed by atoms with Gasteiger partial charge in [-0.1, -0.05) is 13.8 Å². The van der Waals surface area contributed by atoms with Crippen molar-refractivity contribution >= 4 is 6.29 Å². The van der Waals surface area contributed by atoms with Crippen molar-refractivity contribution in [2.24, 2.45) is 5.41 Å². The first-order chi connectivity index (χ1) is 6.22. The number of hydrogen-bond acceptors (Lipinski definition) is 3. The fourth-order valence-corrected chi connectivity index (χ4v) is 1.57. The lowest BCUT2D eigenvalue weighted by Crippen LogP contribution is -2.42. The number of rotatable bonds is 6. The summed E-state index contributed by atoms with van der Waals surface area (Å²) < 4.78 is 0. The summed E-state index contributed by atoms with van der Waals surface area (Å²) in [4.78, 5) is 12.9. The molecule has 0 saturated heterocycles. The molecular weight excluding hydrogens is 178 g/mol. The summed E-state index contributed by atoms with van der Waals surface area (Å²) in [5, 5.41) is 9.60. The Balaban J connectivity index is 4.17. The molecule has 0 fully saturated rings. The van der Waals surface area contributed by atoms with Crippen LogP contribution in [0, 0.1) is 5.41 Å². The van der Waals surface area contributed by atoms with Crippen molar-refractivity contribution in [3.05, 3.63) is 0 Å². The number of carbonyl (C=O) groups is 1. The summed E-state index contributed by atoms with van der Waals surface area (Å²) in [6.45, 7) is 8.77. The molecule has 0 rings (SSSR count). The van der Waals surface area contributed by atoms with Crippen LogP contribution in [0.4, 0.5) is 0 Å². The van der Waals surface area contributed by atoms with Gasteiger partial charge in [-0.15, -0.1) is 0 Å². The largest absolute Gasteiger partial charge is 0.389 e. The van der Waals surface area contributed by atoms with E-state index in [0.717, 1.165) is 12.7 Å².